The number of carbonyl (C=O) groups excluding carboxylic acids is 1. The zero-order valence-electron chi connectivity index (χ0n) is 14.2. The molecule has 1 heterocycles. The highest BCUT2D eigenvalue weighted by atomic mass is 19.3. The molecule has 4 saturated carbocycles. The lowest BCUT2D eigenvalue weighted by molar-refractivity contribution is -0.0688. The van der Waals surface area contributed by atoms with Crippen LogP contribution in [0.2, 0.25) is 0 Å². The fourth-order valence-corrected chi connectivity index (χ4v) is 6.02. The summed E-state index contributed by atoms with van der Waals surface area (Å²) in [7, 11) is 0. The first kappa shape index (κ1) is 16.0. The van der Waals surface area contributed by atoms with E-state index in [1.165, 1.54) is 38.5 Å². The Morgan fingerprint density at radius 2 is 1.75 bits per heavy atom. The molecule has 2 N–H and O–H groups in total. The van der Waals surface area contributed by atoms with Crippen LogP contribution < -0.4 is 5.32 Å². The summed E-state index contributed by atoms with van der Waals surface area (Å²) in [4.78, 5) is 12.7. The van der Waals surface area contributed by atoms with Gasteiger partial charge in [-0.1, -0.05) is 0 Å². The zero-order valence-corrected chi connectivity index (χ0v) is 14.2. The number of amides is 1. The topological polar surface area (TPSA) is 57.8 Å². The summed E-state index contributed by atoms with van der Waals surface area (Å²) in [6, 6.07) is 0.0122. The minimum atomic E-state index is -2.74. The average Bonchev–Trinajstić information content (AvgIpc) is 2.87. The highest BCUT2D eigenvalue weighted by molar-refractivity contribution is 5.96. The molecule has 4 aliphatic carbocycles. The number of aromatic amines is 1. The van der Waals surface area contributed by atoms with Crippen molar-refractivity contribution in [2.24, 2.45) is 23.2 Å². The van der Waals surface area contributed by atoms with E-state index in [1.54, 1.807) is 6.92 Å². The summed E-state index contributed by atoms with van der Waals surface area (Å²) in [6.07, 6.45) is 4.81. The highest BCUT2D eigenvalue weighted by Crippen LogP contribution is 2.61. The van der Waals surface area contributed by atoms with E-state index in [9.17, 15) is 13.6 Å². The monoisotopic (exact) mass is 337 g/mol. The van der Waals surface area contributed by atoms with Gasteiger partial charge in [0.1, 0.15) is 5.69 Å². The molecule has 1 aromatic rings. The smallest absolute Gasteiger partial charge is 0.282 e. The molecule has 24 heavy (non-hydrogen) atoms. The molecule has 1 amide bonds. The molecule has 4 fully saturated rings. The van der Waals surface area contributed by atoms with Gasteiger partial charge in [0, 0.05) is 11.7 Å². The normalized spacial score (nSPS) is 35.5. The first-order valence-corrected chi connectivity index (χ1v) is 9.02. The van der Waals surface area contributed by atoms with Crippen LogP contribution in [0.3, 0.4) is 0 Å². The molecule has 1 atom stereocenters. The molecule has 6 heteroatoms. The Morgan fingerprint density at radius 1 is 1.21 bits per heavy atom. The lowest BCUT2D eigenvalue weighted by Gasteiger charge is -2.59. The molecule has 4 bridgehead atoms. The minimum Gasteiger partial charge on any atom is -0.349 e. The number of nitrogens with one attached hydrogen (secondary N) is 2. The van der Waals surface area contributed by atoms with Crippen LogP contribution in [0.4, 0.5) is 8.78 Å². The number of nitrogens with zero attached hydrogens (tertiary/aromatic N) is 1. The molecule has 0 aliphatic heterocycles. The molecular formula is C18H25F2N3O. The van der Waals surface area contributed by atoms with Crippen LogP contribution in [0.5, 0.6) is 0 Å². The van der Waals surface area contributed by atoms with Crippen LogP contribution in [-0.4, -0.2) is 22.1 Å². The number of hydrogen-bond acceptors (Lipinski definition) is 2. The van der Waals surface area contributed by atoms with E-state index in [-0.39, 0.29) is 17.0 Å². The lowest BCUT2D eigenvalue weighted by atomic mass is 9.48. The fraction of sp³-hybridized carbons (Fsp3) is 0.778. The van der Waals surface area contributed by atoms with E-state index >= 15 is 0 Å². The number of rotatable bonds is 4. The van der Waals surface area contributed by atoms with Gasteiger partial charge in [-0.2, -0.15) is 5.10 Å². The molecule has 0 spiro atoms. The molecule has 5 rings (SSSR count). The largest absolute Gasteiger partial charge is 0.349 e. The van der Waals surface area contributed by atoms with Crippen molar-refractivity contribution in [1.29, 1.82) is 0 Å². The summed E-state index contributed by atoms with van der Waals surface area (Å²) in [5.74, 6) is 1.97. The summed E-state index contributed by atoms with van der Waals surface area (Å²) >= 11 is 0. The van der Waals surface area contributed by atoms with Crippen molar-refractivity contribution < 1.29 is 13.6 Å². The first-order chi connectivity index (χ1) is 11.4. The average molecular weight is 337 g/mol. The molecule has 4 aliphatic rings. The molecule has 0 saturated heterocycles. The van der Waals surface area contributed by atoms with Gasteiger partial charge in [0.05, 0.1) is 5.56 Å². The van der Waals surface area contributed by atoms with E-state index in [2.05, 4.69) is 22.4 Å². The Hall–Kier alpha value is -1.46. The number of carbonyl (C=O) groups is 1. The van der Waals surface area contributed by atoms with Crippen LogP contribution in [0, 0.1) is 30.1 Å². The van der Waals surface area contributed by atoms with Gasteiger partial charge in [-0.05, 0) is 75.5 Å². The van der Waals surface area contributed by atoms with Gasteiger partial charge in [-0.15, -0.1) is 0 Å². The predicted octanol–water partition coefficient (Wildman–Crippen LogP) is 3.99. The maximum atomic E-state index is 13.1. The van der Waals surface area contributed by atoms with Gasteiger partial charge >= 0.3 is 0 Å². The first-order valence-electron chi connectivity index (χ1n) is 9.02. The fourth-order valence-electron chi connectivity index (χ4n) is 6.02. The van der Waals surface area contributed by atoms with Crippen molar-refractivity contribution in [3.05, 3.63) is 17.0 Å². The van der Waals surface area contributed by atoms with Crippen LogP contribution in [0.15, 0.2) is 0 Å². The van der Waals surface area contributed by atoms with E-state index in [1.807, 2.05) is 0 Å². The highest BCUT2D eigenvalue weighted by Gasteiger charge is 2.53. The van der Waals surface area contributed by atoms with Gasteiger partial charge in [0.15, 0.2) is 0 Å². The van der Waals surface area contributed by atoms with Gasteiger partial charge in [0.2, 0.25) is 0 Å². The molecule has 4 nitrogen and oxygen atoms in total. The van der Waals surface area contributed by atoms with Crippen LogP contribution in [-0.2, 0) is 0 Å². The quantitative estimate of drug-likeness (QED) is 0.873. The van der Waals surface area contributed by atoms with E-state index in [4.69, 9.17) is 0 Å². The van der Waals surface area contributed by atoms with Gasteiger partial charge < -0.3 is 5.32 Å². The standard InChI is InChI=1S/C18H25F2N3O/c1-9-14(15(16(19)20)23-22-9)17(24)21-10(2)18-6-11-3-12(7-18)5-13(4-11)8-18/h10-13,16H,3-8H2,1-2H3,(H,21,24)(H,22,23). The summed E-state index contributed by atoms with van der Waals surface area (Å²) < 4.78 is 26.2. The Morgan fingerprint density at radius 3 is 2.25 bits per heavy atom. The third-order valence-electron chi connectivity index (χ3n) is 6.76. The van der Waals surface area contributed by atoms with E-state index in [0.29, 0.717) is 5.69 Å². The number of aromatic nitrogens is 2. The number of aryl methyl sites for hydroxylation is 1. The third-order valence-corrected chi connectivity index (χ3v) is 6.76. The Kier molecular flexibility index (Phi) is 3.69. The third kappa shape index (κ3) is 2.45. The molecule has 132 valence electrons. The number of H-pyrrole nitrogens is 1. The van der Waals surface area contributed by atoms with E-state index < -0.39 is 18.0 Å². The van der Waals surface area contributed by atoms with Crippen molar-refractivity contribution in [1.82, 2.24) is 15.5 Å². The summed E-state index contributed by atoms with van der Waals surface area (Å²) in [5, 5.41) is 9.16. The van der Waals surface area contributed by atoms with Crippen molar-refractivity contribution in [2.75, 3.05) is 0 Å². The molecule has 1 unspecified atom stereocenters. The maximum Gasteiger partial charge on any atom is 0.282 e. The molecule has 1 aromatic heterocycles. The summed E-state index contributed by atoms with van der Waals surface area (Å²) in [5.41, 5.74) is 0.136. The van der Waals surface area contributed by atoms with Crippen LogP contribution in [0.25, 0.3) is 0 Å². The molecule has 0 aromatic carbocycles. The zero-order chi connectivity index (χ0) is 17.1. The van der Waals surface area contributed by atoms with Gasteiger partial charge in [0.25, 0.3) is 12.3 Å². The van der Waals surface area contributed by atoms with Crippen molar-refractivity contribution in [3.63, 3.8) is 0 Å². The number of hydrogen-bond donors (Lipinski definition) is 2. The summed E-state index contributed by atoms with van der Waals surface area (Å²) in [6.45, 7) is 3.67. The number of alkyl halides is 2. The second-order valence-electron chi connectivity index (χ2n) is 8.38. The maximum absolute atomic E-state index is 13.1. The minimum absolute atomic E-state index is 0.0122. The Labute approximate surface area is 140 Å². The van der Waals surface area contributed by atoms with E-state index in [0.717, 1.165) is 17.8 Å². The van der Waals surface area contributed by atoms with Crippen molar-refractivity contribution in [2.45, 2.75) is 64.8 Å². The van der Waals surface area contributed by atoms with Crippen molar-refractivity contribution in [3.8, 4) is 0 Å². The van der Waals surface area contributed by atoms with Gasteiger partial charge in [-0.3, -0.25) is 9.89 Å². The van der Waals surface area contributed by atoms with Crippen molar-refractivity contribution >= 4 is 5.91 Å². The lowest BCUT2D eigenvalue weighted by Crippen LogP contribution is -2.55. The second-order valence-corrected chi connectivity index (χ2v) is 8.38. The predicted molar refractivity (Wildman–Crippen MR) is 85.8 cm³/mol. The Bertz CT molecular complexity index is 619. The van der Waals surface area contributed by atoms with Crippen LogP contribution in [0.1, 0.15) is 73.6 Å². The molecular weight excluding hydrogens is 312 g/mol. The SMILES string of the molecule is Cc1[nH]nc(C(F)F)c1C(=O)NC(C)C12CC3CC(CC(C3)C1)C2. The second kappa shape index (κ2) is 5.53. The van der Waals surface area contributed by atoms with Gasteiger partial charge in [-0.25, -0.2) is 8.78 Å². The molecule has 0 radical (unpaired) electrons. The number of halogens is 2. The van der Waals surface area contributed by atoms with Crippen LogP contribution >= 0.6 is 0 Å². The Balaban J connectivity index is 1.53.